The Balaban J connectivity index is 1.58. The van der Waals surface area contributed by atoms with E-state index >= 15 is 0 Å². The first-order valence-electron chi connectivity index (χ1n) is 9.25. The summed E-state index contributed by atoms with van der Waals surface area (Å²) in [5.74, 6) is 0.480. The lowest BCUT2D eigenvalue weighted by molar-refractivity contribution is -0.134. The van der Waals surface area contributed by atoms with E-state index in [0.717, 1.165) is 23.4 Å². The standard InChI is InChI=1S/C21H25N3O3/c1-3-27-19-6-4-18(5-7-19)24-15-17(14-20(24)25)21(26)23(2)13-10-16-8-11-22-12-9-16/h4-9,11-12,17H,3,10,13-15H2,1-2H3. The van der Waals surface area contributed by atoms with Crippen LogP contribution in [0.25, 0.3) is 0 Å². The predicted molar refractivity (Wildman–Crippen MR) is 104 cm³/mol. The molecule has 0 radical (unpaired) electrons. The number of aromatic nitrogens is 1. The number of rotatable bonds is 7. The lowest BCUT2D eigenvalue weighted by atomic mass is 10.1. The van der Waals surface area contributed by atoms with E-state index in [4.69, 9.17) is 4.74 Å². The summed E-state index contributed by atoms with van der Waals surface area (Å²) in [7, 11) is 1.80. The average Bonchev–Trinajstić information content (AvgIpc) is 3.09. The Morgan fingerprint density at radius 2 is 1.93 bits per heavy atom. The van der Waals surface area contributed by atoms with Crippen molar-refractivity contribution < 1.29 is 14.3 Å². The highest BCUT2D eigenvalue weighted by atomic mass is 16.5. The smallest absolute Gasteiger partial charge is 0.227 e. The average molecular weight is 367 g/mol. The number of carbonyl (C=O) groups is 2. The summed E-state index contributed by atoms with van der Waals surface area (Å²) in [5, 5.41) is 0. The van der Waals surface area contributed by atoms with Crippen molar-refractivity contribution in [3.05, 3.63) is 54.4 Å². The van der Waals surface area contributed by atoms with Gasteiger partial charge in [0.1, 0.15) is 5.75 Å². The van der Waals surface area contributed by atoms with Crippen molar-refractivity contribution in [2.75, 3.05) is 31.6 Å². The number of carbonyl (C=O) groups excluding carboxylic acids is 2. The number of likely N-dealkylation sites (N-methyl/N-ethyl adjacent to an activating group) is 1. The summed E-state index contributed by atoms with van der Waals surface area (Å²) in [4.78, 5) is 32.6. The van der Waals surface area contributed by atoms with Crippen LogP contribution in [-0.4, -0.2) is 48.4 Å². The van der Waals surface area contributed by atoms with Crippen molar-refractivity contribution in [3.8, 4) is 5.75 Å². The van der Waals surface area contributed by atoms with E-state index in [2.05, 4.69) is 4.98 Å². The zero-order valence-corrected chi connectivity index (χ0v) is 15.8. The van der Waals surface area contributed by atoms with Crippen molar-refractivity contribution in [1.29, 1.82) is 0 Å². The first kappa shape index (κ1) is 18.9. The molecule has 1 unspecified atom stereocenters. The molecule has 6 heteroatoms. The summed E-state index contributed by atoms with van der Waals surface area (Å²) in [6.07, 6.45) is 4.53. The monoisotopic (exact) mass is 367 g/mol. The number of ether oxygens (including phenoxy) is 1. The predicted octanol–water partition coefficient (Wildman–Crippen LogP) is 2.53. The first-order chi connectivity index (χ1) is 13.1. The second kappa shape index (κ2) is 8.66. The fourth-order valence-corrected chi connectivity index (χ4v) is 3.28. The topological polar surface area (TPSA) is 62.7 Å². The summed E-state index contributed by atoms with van der Waals surface area (Å²) in [6, 6.07) is 11.3. The largest absolute Gasteiger partial charge is 0.494 e. The number of benzene rings is 1. The van der Waals surface area contributed by atoms with E-state index < -0.39 is 0 Å². The third-order valence-corrected chi connectivity index (χ3v) is 4.80. The maximum atomic E-state index is 12.7. The molecule has 1 aliphatic rings. The molecule has 0 aliphatic carbocycles. The molecule has 6 nitrogen and oxygen atoms in total. The molecule has 1 fully saturated rings. The van der Waals surface area contributed by atoms with Crippen molar-refractivity contribution in [1.82, 2.24) is 9.88 Å². The van der Waals surface area contributed by atoms with Crippen LogP contribution < -0.4 is 9.64 Å². The van der Waals surface area contributed by atoms with Crippen LogP contribution in [0.3, 0.4) is 0 Å². The lowest BCUT2D eigenvalue weighted by Gasteiger charge is -2.21. The fraction of sp³-hybridized carbons (Fsp3) is 0.381. The second-order valence-corrected chi connectivity index (χ2v) is 6.70. The SMILES string of the molecule is CCOc1ccc(N2CC(C(=O)N(C)CCc3ccncc3)CC2=O)cc1. The lowest BCUT2D eigenvalue weighted by Crippen LogP contribution is -2.36. The number of amides is 2. The number of pyridine rings is 1. The quantitative estimate of drug-likeness (QED) is 0.754. The van der Waals surface area contributed by atoms with Crippen LogP contribution in [0.1, 0.15) is 18.9 Å². The molecule has 0 spiro atoms. The maximum Gasteiger partial charge on any atom is 0.227 e. The fourth-order valence-electron chi connectivity index (χ4n) is 3.28. The van der Waals surface area contributed by atoms with Gasteiger partial charge in [-0.15, -0.1) is 0 Å². The minimum atomic E-state index is -0.300. The van der Waals surface area contributed by atoms with Gasteiger partial charge in [-0.2, -0.15) is 0 Å². The molecule has 1 aliphatic heterocycles. The van der Waals surface area contributed by atoms with Gasteiger partial charge < -0.3 is 14.5 Å². The van der Waals surface area contributed by atoms with Crippen LogP contribution in [-0.2, 0) is 16.0 Å². The van der Waals surface area contributed by atoms with Crippen molar-refractivity contribution >= 4 is 17.5 Å². The van der Waals surface area contributed by atoms with Gasteiger partial charge in [-0.05, 0) is 55.3 Å². The van der Waals surface area contributed by atoms with Gasteiger partial charge in [0.2, 0.25) is 11.8 Å². The Kier molecular flexibility index (Phi) is 6.06. The third kappa shape index (κ3) is 4.64. The van der Waals surface area contributed by atoms with E-state index in [1.165, 1.54) is 0 Å². The summed E-state index contributed by atoms with van der Waals surface area (Å²) in [5.41, 5.74) is 1.95. The normalized spacial score (nSPS) is 16.4. The van der Waals surface area contributed by atoms with Crippen LogP contribution in [0, 0.1) is 5.92 Å². The van der Waals surface area contributed by atoms with Gasteiger partial charge in [-0.1, -0.05) is 0 Å². The molecule has 0 bridgehead atoms. The van der Waals surface area contributed by atoms with Crippen LogP contribution in [0.15, 0.2) is 48.8 Å². The van der Waals surface area contributed by atoms with Crippen LogP contribution >= 0.6 is 0 Å². The third-order valence-electron chi connectivity index (χ3n) is 4.80. The van der Waals surface area contributed by atoms with Gasteiger partial charge in [0.05, 0.1) is 12.5 Å². The summed E-state index contributed by atoms with van der Waals surface area (Å²) < 4.78 is 5.44. The molecule has 1 atom stereocenters. The molecule has 0 saturated carbocycles. The number of nitrogens with zero attached hydrogens (tertiary/aromatic N) is 3. The van der Waals surface area contributed by atoms with Gasteiger partial charge in [0.25, 0.3) is 0 Å². The Morgan fingerprint density at radius 1 is 1.22 bits per heavy atom. The van der Waals surface area contributed by atoms with E-state index in [0.29, 0.717) is 19.7 Å². The molecule has 2 heterocycles. The van der Waals surface area contributed by atoms with E-state index in [9.17, 15) is 9.59 Å². The molecule has 27 heavy (non-hydrogen) atoms. The van der Waals surface area contributed by atoms with Crippen LogP contribution in [0.4, 0.5) is 5.69 Å². The molecule has 142 valence electrons. The number of hydrogen-bond acceptors (Lipinski definition) is 4. The molecular formula is C21H25N3O3. The highest BCUT2D eigenvalue weighted by Crippen LogP contribution is 2.27. The zero-order valence-electron chi connectivity index (χ0n) is 15.8. The molecule has 2 amide bonds. The molecule has 1 saturated heterocycles. The summed E-state index contributed by atoms with van der Waals surface area (Å²) in [6.45, 7) is 3.57. The van der Waals surface area contributed by atoms with E-state index in [1.807, 2.05) is 43.3 Å². The molecule has 0 N–H and O–H groups in total. The first-order valence-corrected chi connectivity index (χ1v) is 9.25. The van der Waals surface area contributed by atoms with Crippen LogP contribution in [0.2, 0.25) is 0 Å². The van der Waals surface area contributed by atoms with E-state index in [-0.39, 0.29) is 24.2 Å². The van der Waals surface area contributed by atoms with Gasteiger partial charge in [-0.3, -0.25) is 14.6 Å². The van der Waals surface area contributed by atoms with Gasteiger partial charge in [0, 0.05) is 44.6 Å². The van der Waals surface area contributed by atoms with Crippen molar-refractivity contribution in [2.45, 2.75) is 19.8 Å². The van der Waals surface area contributed by atoms with Gasteiger partial charge in [0.15, 0.2) is 0 Å². The highest BCUT2D eigenvalue weighted by Gasteiger charge is 2.36. The maximum absolute atomic E-state index is 12.7. The van der Waals surface area contributed by atoms with E-state index in [1.54, 1.807) is 29.2 Å². The second-order valence-electron chi connectivity index (χ2n) is 6.70. The van der Waals surface area contributed by atoms with Gasteiger partial charge in [-0.25, -0.2) is 0 Å². The van der Waals surface area contributed by atoms with Crippen molar-refractivity contribution in [2.24, 2.45) is 5.92 Å². The Hall–Kier alpha value is -2.89. The molecule has 2 aromatic rings. The Labute approximate surface area is 159 Å². The molecule has 3 rings (SSSR count). The minimum absolute atomic E-state index is 0.0138. The Bertz CT molecular complexity index is 777. The van der Waals surface area contributed by atoms with Crippen LogP contribution in [0.5, 0.6) is 5.75 Å². The number of hydrogen-bond donors (Lipinski definition) is 0. The zero-order chi connectivity index (χ0) is 19.2. The molecular weight excluding hydrogens is 342 g/mol. The van der Waals surface area contributed by atoms with Gasteiger partial charge >= 0.3 is 0 Å². The number of anilines is 1. The highest BCUT2D eigenvalue weighted by molar-refractivity contribution is 6.00. The Morgan fingerprint density at radius 3 is 2.59 bits per heavy atom. The minimum Gasteiger partial charge on any atom is -0.494 e. The molecule has 1 aromatic carbocycles. The summed E-state index contributed by atoms with van der Waals surface area (Å²) >= 11 is 0. The van der Waals surface area contributed by atoms with Crippen molar-refractivity contribution in [3.63, 3.8) is 0 Å². The molecule has 1 aromatic heterocycles.